The molecule has 1 unspecified atom stereocenters. The molecule has 0 aliphatic carbocycles. The molecule has 0 aromatic carbocycles. The molecule has 1 amide bonds. The quantitative estimate of drug-likeness (QED) is 0.799. The molecule has 0 radical (unpaired) electrons. The zero-order chi connectivity index (χ0) is 15.0. The van der Waals surface area contributed by atoms with Crippen LogP contribution in [0.3, 0.4) is 0 Å². The molecule has 1 atom stereocenters. The molecular weight excluding hydrogens is 272 g/mol. The van der Waals surface area contributed by atoms with Crippen LogP contribution in [-0.2, 0) is 0 Å². The molecule has 0 bridgehead atoms. The number of nitrogens with zero attached hydrogens (tertiary/aromatic N) is 3. The first-order valence-corrected chi connectivity index (χ1v) is 8.33. The van der Waals surface area contributed by atoms with Crippen LogP contribution in [0.4, 0.5) is 5.82 Å². The maximum absolute atomic E-state index is 12.3. The predicted octanol–water partition coefficient (Wildman–Crippen LogP) is 2.51. The van der Waals surface area contributed by atoms with Crippen molar-refractivity contribution in [1.29, 1.82) is 0 Å². The molecule has 0 saturated heterocycles. The van der Waals surface area contributed by atoms with Gasteiger partial charge in [-0.15, -0.1) is 10.2 Å². The smallest absolute Gasteiger partial charge is 0.274 e. The van der Waals surface area contributed by atoms with Crippen molar-refractivity contribution in [3.8, 4) is 0 Å². The maximum atomic E-state index is 12.3. The molecule has 5 nitrogen and oxygen atoms in total. The molecule has 0 aliphatic heterocycles. The molecule has 0 fully saturated rings. The normalized spacial score (nSPS) is 12.0. The summed E-state index contributed by atoms with van der Waals surface area (Å²) in [6.07, 6.45) is 4.08. The van der Waals surface area contributed by atoms with Crippen LogP contribution in [-0.4, -0.2) is 52.6 Å². The minimum Gasteiger partial charge on any atom is -0.369 e. The standard InChI is InChI=1S/C14H24N4OS/c1-5-9-15-13-7-6-12(16-17-13)14(19)18(3)11(2)8-10-20-4/h6-7,11H,5,8-10H2,1-4H3,(H,15,17). The average Bonchev–Trinajstić information content (AvgIpc) is 2.49. The number of anilines is 1. The summed E-state index contributed by atoms with van der Waals surface area (Å²) in [7, 11) is 1.82. The maximum Gasteiger partial charge on any atom is 0.274 e. The first-order chi connectivity index (χ1) is 9.60. The van der Waals surface area contributed by atoms with E-state index in [2.05, 4.69) is 35.6 Å². The van der Waals surface area contributed by atoms with Crippen LogP contribution in [0.2, 0.25) is 0 Å². The number of hydrogen-bond donors (Lipinski definition) is 1. The van der Waals surface area contributed by atoms with Crippen molar-refractivity contribution in [2.24, 2.45) is 0 Å². The summed E-state index contributed by atoms with van der Waals surface area (Å²) < 4.78 is 0. The molecule has 0 spiro atoms. The Morgan fingerprint density at radius 3 is 2.75 bits per heavy atom. The van der Waals surface area contributed by atoms with Crippen molar-refractivity contribution in [2.45, 2.75) is 32.7 Å². The predicted molar refractivity (Wildman–Crippen MR) is 85.4 cm³/mol. The van der Waals surface area contributed by atoms with Crippen molar-refractivity contribution in [3.63, 3.8) is 0 Å². The van der Waals surface area contributed by atoms with Crippen molar-refractivity contribution in [2.75, 3.05) is 30.9 Å². The minimum atomic E-state index is -0.0758. The van der Waals surface area contributed by atoms with Gasteiger partial charge in [-0.2, -0.15) is 11.8 Å². The Bertz CT molecular complexity index is 410. The van der Waals surface area contributed by atoms with E-state index in [-0.39, 0.29) is 11.9 Å². The van der Waals surface area contributed by atoms with E-state index in [1.165, 1.54) is 0 Å². The number of carbonyl (C=O) groups excluding carboxylic acids is 1. The van der Waals surface area contributed by atoms with Crippen molar-refractivity contribution in [1.82, 2.24) is 15.1 Å². The van der Waals surface area contributed by atoms with Crippen molar-refractivity contribution in [3.05, 3.63) is 17.8 Å². The molecule has 0 aliphatic rings. The molecule has 1 aromatic heterocycles. The molecule has 1 rings (SSSR count). The second kappa shape index (κ2) is 8.79. The topological polar surface area (TPSA) is 58.1 Å². The lowest BCUT2D eigenvalue weighted by atomic mass is 10.2. The fraction of sp³-hybridized carbons (Fsp3) is 0.643. The third-order valence-electron chi connectivity index (χ3n) is 3.16. The third kappa shape index (κ3) is 5.00. The summed E-state index contributed by atoms with van der Waals surface area (Å²) in [5, 5.41) is 11.2. The Balaban J connectivity index is 2.62. The molecule has 0 saturated carbocycles. The van der Waals surface area contributed by atoms with Crippen LogP contribution in [0.25, 0.3) is 0 Å². The Labute approximate surface area is 125 Å². The Kier molecular flexibility index (Phi) is 7.36. The van der Waals surface area contributed by atoms with Gasteiger partial charge in [-0.3, -0.25) is 4.79 Å². The van der Waals surface area contributed by atoms with Gasteiger partial charge in [-0.1, -0.05) is 6.92 Å². The van der Waals surface area contributed by atoms with E-state index in [0.29, 0.717) is 11.5 Å². The highest BCUT2D eigenvalue weighted by Gasteiger charge is 2.18. The van der Waals surface area contributed by atoms with Crippen LogP contribution >= 0.6 is 11.8 Å². The number of thioether (sulfide) groups is 1. The summed E-state index contributed by atoms with van der Waals surface area (Å²) in [5.41, 5.74) is 0.394. The van der Waals surface area contributed by atoms with Gasteiger partial charge < -0.3 is 10.2 Å². The highest BCUT2D eigenvalue weighted by molar-refractivity contribution is 7.98. The summed E-state index contributed by atoms with van der Waals surface area (Å²) in [4.78, 5) is 14.0. The highest BCUT2D eigenvalue weighted by Crippen LogP contribution is 2.10. The number of carbonyl (C=O) groups is 1. The minimum absolute atomic E-state index is 0.0758. The molecule has 6 heteroatoms. The number of aromatic nitrogens is 2. The second-order valence-electron chi connectivity index (χ2n) is 4.78. The second-order valence-corrected chi connectivity index (χ2v) is 5.76. The number of nitrogens with one attached hydrogen (secondary N) is 1. The lowest BCUT2D eigenvalue weighted by Crippen LogP contribution is -2.36. The van der Waals surface area contributed by atoms with Gasteiger partial charge in [0.25, 0.3) is 5.91 Å². The summed E-state index contributed by atoms with van der Waals surface area (Å²) >= 11 is 1.79. The van der Waals surface area contributed by atoms with Gasteiger partial charge in [0.05, 0.1) is 0 Å². The number of rotatable bonds is 8. The number of amides is 1. The largest absolute Gasteiger partial charge is 0.369 e. The zero-order valence-corrected chi connectivity index (χ0v) is 13.5. The van der Waals surface area contributed by atoms with Gasteiger partial charge in [-0.05, 0) is 43.9 Å². The number of hydrogen-bond acceptors (Lipinski definition) is 5. The molecule has 112 valence electrons. The van der Waals surface area contributed by atoms with Crippen LogP contribution < -0.4 is 5.32 Å². The van der Waals surface area contributed by atoms with Gasteiger partial charge in [-0.25, -0.2) is 0 Å². The van der Waals surface area contributed by atoms with Crippen LogP contribution in [0.5, 0.6) is 0 Å². The fourth-order valence-electron chi connectivity index (χ4n) is 1.66. The molecule has 20 heavy (non-hydrogen) atoms. The van der Waals surface area contributed by atoms with E-state index in [1.54, 1.807) is 28.8 Å². The van der Waals surface area contributed by atoms with E-state index in [4.69, 9.17) is 0 Å². The fourth-order valence-corrected chi connectivity index (χ4v) is 2.23. The molecule has 1 heterocycles. The first kappa shape index (κ1) is 16.8. The van der Waals surface area contributed by atoms with Crippen molar-refractivity contribution >= 4 is 23.5 Å². The van der Waals surface area contributed by atoms with Gasteiger partial charge >= 0.3 is 0 Å². The van der Waals surface area contributed by atoms with E-state index in [9.17, 15) is 4.79 Å². The lowest BCUT2D eigenvalue weighted by Gasteiger charge is -2.24. The molecule has 1 N–H and O–H groups in total. The Hall–Kier alpha value is -1.30. The summed E-state index contributed by atoms with van der Waals surface area (Å²) in [6, 6.07) is 3.73. The zero-order valence-electron chi connectivity index (χ0n) is 12.7. The molecule has 1 aromatic rings. The Morgan fingerprint density at radius 2 is 2.20 bits per heavy atom. The van der Waals surface area contributed by atoms with E-state index >= 15 is 0 Å². The highest BCUT2D eigenvalue weighted by atomic mass is 32.2. The summed E-state index contributed by atoms with van der Waals surface area (Å²) in [6.45, 7) is 5.00. The van der Waals surface area contributed by atoms with Gasteiger partial charge in [0.2, 0.25) is 0 Å². The van der Waals surface area contributed by atoms with Crippen LogP contribution in [0.15, 0.2) is 12.1 Å². The van der Waals surface area contributed by atoms with Gasteiger partial charge in [0.1, 0.15) is 5.82 Å². The lowest BCUT2D eigenvalue weighted by molar-refractivity contribution is 0.0734. The van der Waals surface area contributed by atoms with Crippen molar-refractivity contribution < 1.29 is 4.79 Å². The van der Waals surface area contributed by atoms with Gasteiger partial charge in [0.15, 0.2) is 5.69 Å². The van der Waals surface area contributed by atoms with Crippen LogP contribution in [0.1, 0.15) is 37.2 Å². The Morgan fingerprint density at radius 1 is 1.45 bits per heavy atom. The van der Waals surface area contributed by atoms with E-state index in [1.807, 2.05) is 7.05 Å². The average molecular weight is 296 g/mol. The van der Waals surface area contributed by atoms with Gasteiger partial charge in [0, 0.05) is 19.6 Å². The van der Waals surface area contributed by atoms with Crippen LogP contribution in [0, 0.1) is 0 Å². The first-order valence-electron chi connectivity index (χ1n) is 6.93. The van der Waals surface area contributed by atoms with E-state index in [0.717, 1.165) is 25.1 Å². The third-order valence-corrected chi connectivity index (χ3v) is 3.80. The summed E-state index contributed by atoms with van der Waals surface area (Å²) in [5.74, 6) is 1.68. The SMILES string of the molecule is CCCNc1ccc(C(=O)N(C)C(C)CCSC)nn1. The van der Waals surface area contributed by atoms with E-state index < -0.39 is 0 Å². The monoisotopic (exact) mass is 296 g/mol. The molecular formula is C14H24N4OS.